The minimum absolute atomic E-state index is 0.196. The topological polar surface area (TPSA) is 109 Å². The Morgan fingerprint density at radius 3 is 2.43 bits per heavy atom. The first-order chi connectivity index (χ1) is 17.3. The van der Waals surface area contributed by atoms with Crippen LogP contribution in [0.2, 0.25) is 0 Å². The number of esters is 1. The predicted octanol–water partition coefficient (Wildman–Crippen LogP) is 3.91. The molecule has 0 unspecified atom stereocenters. The largest absolute Gasteiger partial charge is 0.462 e. The molecular weight excluding hydrogens is 532 g/mol. The number of thiocarbonyl (C=S) groups is 1. The molecule has 0 saturated carbocycles. The molecule has 1 saturated heterocycles. The van der Waals surface area contributed by atoms with Crippen LogP contribution in [0.5, 0.6) is 0 Å². The summed E-state index contributed by atoms with van der Waals surface area (Å²) in [5.41, 5.74) is 1.58. The van der Waals surface area contributed by atoms with Gasteiger partial charge in [0.2, 0.25) is 10.0 Å². The maximum atomic E-state index is 13.0. The molecule has 1 aromatic heterocycles. The second kappa shape index (κ2) is 10.6. The molecular formula is C25H34N4O5S3. The van der Waals surface area contributed by atoms with E-state index < -0.39 is 10.0 Å². The fourth-order valence-electron chi connectivity index (χ4n) is 4.95. The van der Waals surface area contributed by atoms with Crippen molar-refractivity contribution in [2.75, 3.05) is 43.5 Å². The standard InChI is InChI=1S/C25H34N4O5S3/c1-6-34-22(30)19-18-15-24(2,3)28-25(4,5)20(18)36-21(19)27-23(35)26-16-7-9-17(10-8-16)37(31,32)29-11-13-33-14-12-29/h7-10,28H,6,11-15H2,1-5H3,(H2,26,27,35). The average Bonchev–Trinajstić information content (AvgIpc) is 3.17. The van der Waals surface area contributed by atoms with Crippen LogP contribution in [0.3, 0.4) is 0 Å². The molecule has 0 bridgehead atoms. The molecule has 202 valence electrons. The molecule has 12 heteroatoms. The fraction of sp³-hybridized carbons (Fsp3) is 0.520. The molecule has 0 aliphatic carbocycles. The van der Waals surface area contributed by atoms with Crippen LogP contribution in [0, 0.1) is 0 Å². The molecule has 4 rings (SSSR count). The van der Waals surface area contributed by atoms with Gasteiger partial charge in [-0.15, -0.1) is 11.3 Å². The Kier molecular flexibility index (Phi) is 7.99. The van der Waals surface area contributed by atoms with Crippen LogP contribution in [0.1, 0.15) is 55.4 Å². The Morgan fingerprint density at radius 1 is 1.16 bits per heavy atom. The third-order valence-corrected chi connectivity index (χ3v) is 9.86. The number of ether oxygens (including phenoxy) is 2. The first-order valence-corrected chi connectivity index (χ1v) is 14.9. The van der Waals surface area contributed by atoms with E-state index in [0.717, 1.165) is 10.4 Å². The molecule has 2 aliphatic heterocycles. The van der Waals surface area contributed by atoms with Gasteiger partial charge in [-0.1, -0.05) is 0 Å². The lowest BCUT2D eigenvalue weighted by molar-refractivity contribution is 0.0525. The highest BCUT2D eigenvalue weighted by molar-refractivity contribution is 7.89. The first kappa shape index (κ1) is 27.9. The van der Waals surface area contributed by atoms with Crippen molar-refractivity contribution in [3.63, 3.8) is 0 Å². The zero-order valence-electron chi connectivity index (χ0n) is 21.8. The van der Waals surface area contributed by atoms with Gasteiger partial charge in [-0.3, -0.25) is 0 Å². The van der Waals surface area contributed by atoms with Gasteiger partial charge in [0.15, 0.2) is 5.11 Å². The van der Waals surface area contributed by atoms with Crippen LogP contribution in [-0.4, -0.2) is 62.3 Å². The number of nitrogens with zero attached hydrogens (tertiary/aromatic N) is 1. The predicted molar refractivity (Wildman–Crippen MR) is 150 cm³/mol. The van der Waals surface area contributed by atoms with Crippen molar-refractivity contribution in [3.05, 3.63) is 40.3 Å². The number of thiophene rings is 1. The second-order valence-electron chi connectivity index (χ2n) is 10.3. The number of anilines is 2. The van der Waals surface area contributed by atoms with Gasteiger partial charge in [0.25, 0.3) is 0 Å². The van der Waals surface area contributed by atoms with Gasteiger partial charge in [-0.05, 0) is 83.1 Å². The van der Waals surface area contributed by atoms with Crippen LogP contribution in [0.15, 0.2) is 29.2 Å². The van der Waals surface area contributed by atoms with Crippen molar-refractivity contribution < 1.29 is 22.7 Å². The molecule has 2 aromatic rings. The maximum Gasteiger partial charge on any atom is 0.341 e. The van der Waals surface area contributed by atoms with E-state index in [9.17, 15) is 13.2 Å². The summed E-state index contributed by atoms with van der Waals surface area (Å²) in [7, 11) is -3.58. The number of carbonyl (C=O) groups excluding carboxylic acids is 1. The van der Waals surface area contributed by atoms with Crippen LogP contribution in [-0.2, 0) is 31.5 Å². The monoisotopic (exact) mass is 566 g/mol. The van der Waals surface area contributed by atoms with Crippen LogP contribution < -0.4 is 16.0 Å². The van der Waals surface area contributed by atoms with Gasteiger partial charge in [0, 0.05) is 34.7 Å². The van der Waals surface area contributed by atoms with E-state index in [4.69, 9.17) is 21.7 Å². The third-order valence-electron chi connectivity index (χ3n) is 6.27. The summed E-state index contributed by atoms with van der Waals surface area (Å²) >= 11 is 7.04. The maximum absolute atomic E-state index is 13.0. The van der Waals surface area contributed by atoms with Crippen molar-refractivity contribution in [1.29, 1.82) is 0 Å². The lowest BCUT2D eigenvalue weighted by Gasteiger charge is -2.42. The summed E-state index contributed by atoms with van der Waals surface area (Å²) in [5, 5.41) is 10.9. The zero-order chi connectivity index (χ0) is 27.0. The molecule has 3 N–H and O–H groups in total. The SMILES string of the molecule is CCOC(=O)c1c(NC(=S)Nc2ccc(S(=O)(=O)N3CCOCC3)cc2)sc2c1CC(C)(C)NC2(C)C. The molecule has 3 heterocycles. The van der Waals surface area contributed by atoms with E-state index in [-0.39, 0.29) is 33.7 Å². The quantitative estimate of drug-likeness (QED) is 0.354. The average molecular weight is 567 g/mol. The van der Waals surface area contributed by atoms with Crippen molar-refractivity contribution in [3.8, 4) is 0 Å². The molecule has 1 aromatic carbocycles. The van der Waals surface area contributed by atoms with Crippen molar-refractivity contribution >= 4 is 55.3 Å². The van der Waals surface area contributed by atoms with Crippen LogP contribution in [0.25, 0.3) is 0 Å². The number of sulfonamides is 1. The highest BCUT2D eigenvalue weighted by Crippen LogP contribution is 2.45. The second-order valence-corrected chi connectivity index (χ2v) is 13.6. The Balaban J connectivity index is 1.54. The van der Waals surface area contributed by atoms with E-state index in [1.807, 2.05) is 0 Å². The number of rotatable bonds is 6. The van der Waals surface area contributed by atoms with Gasteiger partial charge in [0.05, 0.1) is 30.3 Å². The Morgan fingerprint density at radius 2 is 1.81 bits per heavy atom. The van der Waals surface area contributed by atoms with Crippen LogP contribution >= 0.6 is 23.6 Å². The highest BCUT2D eigenvalue weighted by atomic mass is 32.2. The van der Waals surface area contributed by atoms with E-state index in [0.29, 0.717) is 49.0 Å². The minimum Gasteiger partial charge on any atom is -0.462 e. The van der Waals surface area contributed by atoms with Crippen molar-refractivity contribution in [2.45, 2.75) is 57.0 Å². The van der Waals surface area contributed by atoms with Crippen LogP contribution in [0.4, 0.5) is 10.7 Å². The first-order valence-electron chi connectivity index (χ1n) is 12.2. The Labute approximate surface area is 228 Å². The number of fused-ring (bicyclic) bond motifs is 1. The fourth-order valence-corrected chi connectivity index (χ4v) is 7.91. The third kappa shape index (κ3) is 5.99. The van der Waals surface area contributed by atoms with E-state index in [1.54, 1.807) is 31.2 Å². The van der Waals surface area contributed by atoms with Crippen molar-refractivity contribution in [1.82, 2.24) is 9.62 Å². The van der Waals surface area contributed by atoms with Gasteiger partial charge in [0.1, 0.15) is 5.00 Å². The number of nitrogens with one attached hydrogen (secondary N) is 3. The number of benzene rings is 1. The summed E-state index contributed by atoms with van der Waals surface area (Å²) in [4.78, 5) is 14.3. The Hall–Kier alpha value is -2.09. The van der Waals surface area contributed by atoms with E-state index in [2.05, 4.69) is 43.6 Å². The molecule has 0 atom stereocenters. The lowest BCUT2D eigenvalue weighted by atomic mass is 9.81. The normalized spacial score (nSPS) is 19.1. The Bertz CT molecular complexity index is 1280. The molecule has 0 radical (unpaired) electrons. The highest BCUT2D eigenvalue weighted by Gasteiger charge is 2.42. The molecule has 9 nitrogen and oxygen atoms in total. The van der Waals surface area contributed by atoms with E-state index >= 15 is 0 Å². The molecule has 0 amide bonds. The number of carbonyl (C=O) groups is 1. The van der Waals surface area contributed by atoms with E-state index in [1.165, 1.54) is 15.6 Å². The summed E-state index contributed by atoms with van der Waals surface area (Å²) in [6, 6.07) is 6.45. The lowest BCUT2D eigenvalue weighted by Crippen LogP contribution is -2.55. The molecule has 0 spiro atoms. The number of hydrogen-bond donors (Lipinski definition) is 3. The molecule has 2 aliphatic rings. The number of morpholine rings is 1. The molecule has 37 heavy (non-hydrogen) atoms. The summed E-state index contributed by atoms with van der Waals surface area (Å²) in [6.07, 6.45) is 0.678. The van der Waals surface area contributed by atoms with Gasteiger partial charge in [-0.25, -0.2) is 13.2 Å². The summed E-state index contributed by atoms with van der Waals surface area (Å²) < 4.78 is 37.8. The molecule has 1 fully saturated rings. The van der Waals surface area contributed by atoms with Gasteiger partial charge < -0.3 is 25.4 Å². The summed E-state index contributed by atoms with van der Waals surface area (Å²) in [5.74, 6) is -0.378. The zero-order valence-corrected chi connectivity index (χ0v) is 24.2. The number of hydrogen-bond acceptors (Lipinski definition) is 8. The smallest absolute Gasteiger partial charge is 0.341 e. The van der Waals surface area contributed by atoms with Crippen molar-refractivity contribution in [2.24, 2.45) is 0 Å². The van der Waals surface area contributed by atoms with Gasteiger partial charge >= 0.3 is 5.97 Å². The van der Waals surface area contributed by atoms with Gasteiger partial charge in [-0.2, -0.15) is 4.31 Å². The minimum atomic E-state index is -3.58. The summed E-state index contributed by atoms with van der Waals surface area (Å²) in [6.45, 7) is 12.0.